The molecule has 2 bridgehead atoms. The summed E-state index contributed by atoms with van der Waals surface area (Å²) in [5.41, 5.74) is 6.69. The molecule has 2 saturated carbocycles. The van der Waals surface area contributed by atoms with Crippen molar-refractivity contribution in [3.05, 3.63) is 28.8 Å². The number of benzene rings is 1. The second-order valence-corrected chi connectivity index (χ2v) is 5.87. The maximum atomic E-state index is 12.2. The van der Waals surface area contributed by atoms with E-state index in [9.17, 15) is 4.79 Å². The second-order valence-electron chi connectivity index (χ2n) is 5.46. The first kappa shape index (κ1) is 11.8. The van der Waals surface area contributed by atoms with Gasteiger partial charge in [0.1, 0.15) is 0 Å². The zero-order chi connectivity index (χ0) is 12.7. The van der Waals surface area contributed by atoms with Gasteiger partial charge in [-0.1, -0.05) is 24.1 Å². The maximum absolute atomic E-state index is 12.2. The van der Waals surface area contributed by atoms with Crippen LogP contribution in [0.1, 0.15) is 36.0 Å². The summed E-state index contributed by atoms with van der Waals surface area (Å²) in [7, 11) is 0. The van der Waals surface area contributed by atoms with E-state index in [1.807, 2.05) is 0 Å². The molecule has 3 unspecified atom stereocenters. The number of rotatable bonds is 2. The Morgan fingerprint density at radius 1 is 1.33 bits per heavy atom. The fourth-order valence-electron chi connectivity index (χ4n) is 3.44. The Bertz CT molecular complexity index is 468. The average molecular weight is 265 g/mol. The fourth-order valence-corrected chi connectivity index (χ4v) is 3.71. The molecule has 0 spiro atoms. The standard InChI is InChI=1S/C14H17ClN2O/c15-10-2-1-3-11(16)13(10)14(18)17-12-7-8-4-5-9(12)6-8/h1-3,8-9,12H,4-7,16H2,(H,17,18). The smallest absolute Gasteiger partial charge is 0.255 e. The van der Waals surface area contributed by atoms with Gasteiger partial charge >= 0.3 is 0 Å². The molecule has 4 heteroatoms. The number of carbonyl (C=O) groups is 1. The first-order valence-corrected chi connectivity index (χ1v) is 6.88. The average Bonchev–Trinajstić information content (AvgIpc) is 2.90. The van der Waals surface area contributed by atoms with E-state index in [2.05, 4.69) is 5.32 Å². The Labute approximate surface area is 112 Å². The summed E-state index contributed by atoms with van der Waals surface area (Å²) in [6.07, 6.45) is 4.95. The highest BCUT2D eigenvalue weighted by molar-refractivity contribution is 6.34. The largest absolute Gasteiger partial charge is 0.398 e. The number of amides is 1. The SMILES string of the molecule is Nc1cccc(Cl)c1C(=O)NC1CC2CCC1C2. The first-order chi connectivity index (χ1) is 8.65. The van der Waals surface area contributed by atoms with Crippen molar-refractivity contribution in [3.63, 3.8) is 0 Å². The van der Waals surface area contributed by atoms with Crippen LogP contribution in [0.25, 0.3) is 0 Å². The van der Waals surface area contributed by atoms with Gasteiger partial charge in [-0.15, -0.1) is 0 Å². The van der Waals surface area contributed by atoms with E-state index in [4.69, 9.17) is 17.3 Å². The van der Waals surface area contributed by atoms with Crippen LogP contribution in [-0.4, -0.2) is 11.9 Å². The van der Waals surface area contributed by atoms with Crippen LogP contribution >= 0.6 is 11.6 Å². The number of hydrogen-bond acceptors (Lipinski definition) is 2. The third-order valence-corrected chi connectivity index (χ3v) is 4.64. The number of nitrogens with one attached hydrogen (secondary N) is 1. The van der Waals surface area contributed by atoms with Crippen molar-refractivity contribution in [2.24, 2.45) is 11.8 Å². The van der Waals surface area contributed by atoms with Crippen LogP contribution in [-0.2, 0) is 0 Å². The van der Waals surface area contributed by atoms with Crippen LogP contribution < -0.4 is 11.1 Å². The lowest BCUT2D eigenvalue weighted by Crippen LogP contribution is -2.38. The van der Waals surface area contributed by atoms with Crippen LogP contribution in [0.15, 0.2) is 18.2 Å². The Hall–Kier alpha value is -1.22. The van der Waals surface area contributed by atoms with E-state index in [-0.39, 0.29) is 5.91 Å². The number of nitrogens with two attached hydrogens (primary N) is 1. The molecule has 2 fully saturated rings. The summed E-state index contributed by atoms with van der Waals surface area (Å²) in [5.74, 6) is 1.34. The number of anilines is 1. The van der Waals surface area contributed by atoms with Gasteiger partial charge in [-0.2, -0.15) is 0 Å². The van der Waals surface area contributed by atoms with Gasteiger partial charge in [0.2, 0.25) is 0 Å². The molecule has 0 aromatic heterocycles. The molecule has 18 heavy (non-hydrogen) atoms. The van der Waals surface area contributed by atoms with E-state index < -0.39 is 0 Å². The van der Waals surface area contributed by atoms with Gasteiger partial charge in [-0.3, -0.25) is 4.79 Å². The fraction of sp³-hybridized carbons (Fsp3) is 0.500. The van der Waals surface area contributed by atoms with Crippen molar-refractivity contribution in [2.45, 2.75) is 31.7 Å². The van der Waals surface area contributed by atoms with E-state index in [1.54, 1.807) is 18.2 Å². The minimum Gasteiger partial charge on any atom is -0.398 e. The van der Waals surface area contributed by atoms with Crippen molar-refractivity contribution in [1.82, 2.24) is 5.32 Å². The first-order valence-electron chi connectivity index (χ1n) is 6.50. The quantitative estimate of drug-likeness (QED) is 0.807. The summed E-state index contributed by atoms with van der Waals surface area (Å²) in [6, 6.07) is 5.48. The molecule has 1 aromatic rings. The van der Waals surface area contributed by atoms with Crippen LogP contribution in [0.4, 0.5) is 5.69 Å². The summed E-state index contributed by atoms with van der Waals surface area (Å²) >= 11 is 6.05. The third kappa shape index (κ3) is 1.97. The van der Waals surface area contributed by atoms with Crippen molar-refractivity contribution in [1.29, 1.82) is 0 Å². The predicted octanol–water partition coefficient (Wildman–Crippen LogP) is 2.84. The van der Waals surface area contributed by atoms with E-state index in [0.717, 1.165) is 12.3 Å². The number of halogens is 1. The topological polar surface area (TPSA) is 55.1 Å². The molecule has 3 nitrogen and oxygen atoms in total. The van der Waals surface area contributed by atoms with Crippen molar-refractivity contribution in [3.8, 4) is 0 Å². The zero-order valence-electron chi connectivity index (χ0n) is 10.2. The van der Waals surface area contributed by atoms with Gasteiger partial charge in [-0.25, -0.2) is 0 Å². The predicted molar refractivity (Wildman–Crippen MR) is 72.6 cm³/mol. The molecule has 3 rings (SSSR count). The van der Waals surface area contributed by atoms with Crippen molar-refractivity contribution in [2.75, 3.05) is 5.73 Å². The molecule has 2 aliphatic rings. The minimum atomic E-state index is -0.129. The molecule has 3 atom stereocenters. The second kappa shape index (κ2) is 4.47. The molecule has 2 aliphatic carbocycles. The Morgan fingerprint density at radius 3 is 2.78 bits per heavy atom. The monoisotopic (exact) mass is 264 g/mol. The zero-order valence-corrected chi connectivity index (χ0v) is 10.9. The van der Waals surface area contributed by atoms with Crippen LogP contribution in [0.2, 0.25) is 5.02 Å². The summed E-state index contributed by atoms with van der Waals surface area (Å²) in [5, 5.41) is 3.53. The number of fused-ring (bicyclic) bond motifs is 2. The van der Waals surface area contributed by atoms with Gasteiger partial charge in [-0.05, 0) is 43.2 Å². The lowest BCUT2D eigenvalue weighted by Gasteiger charge is -2.23. The molecule has 0 aliphatic heterocycles. The Morgan fingerprint density at radius 2 is 2.17 bits per heavy atom. The highest BCUT2D eigenvalue weighted by Gasteiger charge is 2.40. The normalized spacial score (nSPS) is 29.5. The molecule has 0 radical (unpaired) electrons. The third-order valence-electron chi connectivity index (χ3n) is 4.33. The summed E-state index contributed by atoms with van der Waals surface area (Å²) in [4.78, 5) is 12.2. The van der Waals surface area contributed by atoms with Crippen LogP contribution in [0.5, 0.6) is 0 Å². The van der Waals surface area contributed by atoms with Gasteiger partial charge < -0.3 is 11.1 Å². The van der Waals surface area contributed by atoms with Gasteiger partial charge in [0, 0.05) is 11.7 Å². The highest BCUT2D eigenvalue weighted by atomic mass is 35.5. The number of carbonyl (C=O) groups excluding carboxylic acids is 1. The highest BCUT2D eigenvalue weighted by Crippen LogP contribution is 2.44. The van der Waals surface area contributed by atoms with Crippen molar-refractivity contribution < 1.29 is 4.79 Å². The Kier molecular flexibility index (Phi) is 2.94. The molecule has 1 amide bonds. The molecular formula is C14H17ClN2O. The lowest BCUT2D eigenvalue weighted by molar-refractivity contribution is 0.0924. The van der Waals surface area contributed by atoms with E-state index in [1.165, 1.54) is 19.3 Å². The van der Waals surface area contributed by atoms with Crippen LogP contribution in [0.3, 0.4) is 0 Å². The van der Waals surface area contributed by atoms with E-state index >= 15 is 0 Å². The number of hydrogen-bond donors (Lipinski definition) is 2. The summed E-state index contributed by atoms with van der Waals surface area (Å²) < 4.78 is 0. The molecule has 1 aromatic carbocycles. The molecule has 0 heterocycles. The molecule has 96 valence electrons. The van der Waals surface area contributed by atoms with Crippen molar-refractivity contribution >= 4 is 23.2 Å². The Balaban J connectivity index is 1.75. The molecular weight excluding hydrogens is 248 g/mol. The van der Waals surface area contributed by atoms with Gasteiger partial charge in [0.15, 0.2) is 0 Å². The maximum Gasteiger partial charge on any atom is 0.255 e. The lowest BCUT2D eigenvalue weighted by atomic mass is 9.95. The van der Waals surface area contributed by atoms with Crippen LogP contribution in [0, 0.1) is 11.8 Å². The van der Waals surface area contributed by atoms with Gasteiger partial charge in [0.25, 0.3) is 5.91 Å². The minimum absolute atomic E-state index is 0.129. The van der Waals surface area contributed by atoms with Gasteiger partial charge in [0.05, 0.1) is 10.6 Å². The molecule has 3 N–H and O–H groups in total. The number of nitrogen functional groups attached to an aromatic ring is 1. The summed E-state index contributed by atoms with van der Waals surface area (Å²) in [6.45, 7) is 0. The molecule has 0 saturated heterocycles. The van der Waals surface area contributed by atoms with E-state index in [0.29, 0.717) is 28.2 Å².